The van der Waals surface area contributed by atoms with Crippen molar-refractivity contribution in [2.75, 3.05) is 5.32 Å². The van der Waals surface area contributed by atoms with Gasteiger partial charge in [0, 0.05) is 29.6 Å². The molecule has 298 valence electrons. The third kappa shape index (κ3) is 10.9. The van der Waals surface area contributed by atoms with Crippen LogP contribution in [0.1, 0.15) is 96.6 Å². The van der Waals surface area contributed by atoms with Crippen molar-refractivity contribution >= 4 is 34.2 Å². The number of nitrogens with one attached hydrogen (secondary N) is 1. The number of rotatable bonds is 16. The van der Waals surface area contributed by atoms with Gasteiger partial charge in [0.2, 0.25) is 0 Å². The zero-order chi connectivity index (χ0) is 40.9. The van der Waals surface area contributed by atoms with Crippen LogP contribution in [-0.4, -0.2) is 50.4 Å². The van der Waals surface area contributed by atoms with E-state index in [2.05, 4.69) is 91.5 Å². The molecule has 0 bridgehead atoms. The average molecular weight is 787 g/mol. The van der Waals surface area contributed by atoms with Crippen molar-refractivity contribution in [1.82, 2.24) is 4.57 Å². The number of nitrogens with zero attached hydrogens (tertiary/aromatic N) is 1. The van der Waals surface area contributed by atoms with E-state index >= 15 is 0 Å². The molecular formula is C45H63FN2O5Si2. The van der Waals surface area contributed by atoms with Gasteiger partial charge in [-0.15, -0.1) is 0 Å². The minimum Gasteiger partial charge on any atom is -0.481 e. The first-order chi connectivity index (χ1) is 25.5. The van der Waals surface area contributed by atoms with Crippen molar-refractivity contribution in [3.63, 3.8) is 0 Å². The Hall–Kier alpha value is -3.84. The van der Waals surface area contributed by atoms with Gasteiger partial charge in [0.05, 0.1) is 23.8 Å². The van der Waals surface area contributed by atoms with Gasteiger partial charge in [-0.3, -0.25) is 9.59 Å². The topological polar surface area (TPSA) is 89.8 Å². The zero-order valence-corrected chi connectivity index (χ0v) is 37.0. The van der Waals surface area contributed by atoms with Crippen molar-refractivity contribution in [2.24, 2.45) is 0 Å². The molecule has 1 aromatic heterocycles. The largest absolute Gasteiger partial charge is 0.481 e. The van der Waals surface area contributed by atoms with Crippen LogP contribution < -0.4 is 5.32 Å². The van der Waals surface area contributed by atoms with Crippen molar-refractivity contribution in [1.29, 1.82) is 0 Å². The van der Waals surface area contributed by atoms with Gasteiger partial charge < -0.3 is 23.8 Å². The Labute approximate surface area is 330 Å². The van der Waals surface area contributed by atoms with Crippen molar-refractivity contribution < 1.29 is 27.9 Å². The second-order valence-electron chi connectivity index (χ2n) is 18.1. The van der Waals surface area contributed by atoms with E-state index in [0.29, 0.717) is 30.6 Å². The average Bonchev–Trinajstić information content (AvgIpc) is 3.42. The number of hydrogen-bond acceptors (Lipinski definition) is 4. The summed E-state index contributed by atoms with van der Waals surface area (Å²) in [5, 5.41) is 13.0. The van der Waals surface area contributed by atoms with E-state index in [0.717, 1.165) is 28.1 Å². The van der Waals surface area contributed by atoms with Gasteiger partial charge in [-0.2, -0.15) is 0 Å². The summed E-state index contributed by atoms with van der Waals surface area (Å²) < 4.78 is 30.7. The first kappa shape index (κ1) is 43.9. The zero-order valence-electron chi connectivity index (χ0n) is 35.0. The van der Waals surface area contributed by atoms with Crippen LogP contribution in [-0.2, 0) is 20.2 Å². The van der Waals surface area contributed by atoms with Gasteiger partial charge in [-0.1, -0.05) is 104 Å². The van der Waals surface area contributed by atoms with E-state index in [1.807, 2.05) is 60.7 Å². The number of aliphatic carboxylic acids is 1. The number of amides is 1. The standard InChI is InChI=1S/C45H63FN2O5Si2/c1-31(2)41-40(43(51)47-35-21-17-14-18-22-35)39(32-19-15-13-16-20-32)42(33-23-25-34(46)26-24-33)48(41)28-27-36(52-54(9,10)44(3,4)5)29-37(30-38(49)50)53-55(11,12)45(6,7)8/h13-26,31,36-37H,27-30H2,1-12H3,(H,47,51)(H,49,50)/t36-,37+/m1/s1. The third-order valence-corrected chi connectivity index (χ3v) is 20.5. The number of carbonyl (C=O) groups excluding carboxylic acids is 1. The molecular weight excluding hydrogens is 724 g/mol. The molecule has 1 heterocycles. The number of para-hydroxylation sites is 1. The summed E-state index contributed by atoms with van der Waals surface area (Å²) in [4.78, 5) is 26.9. The Morgan fingerprint density at radius 2 is 1.27 bits per heavy atom. The second kappa shape index (κ2) is 17.5. The van der Waals surface area contributed by atoms with Crippen LogP contribution in [0.5, 0.6) is 0 Å². The van der Waals surface area contributed by atoms with Crippen molar-refractivity contribution in [3.8, 4) is 22.4 Å². The van der Waals surface area contributed by atoms with Crippen molar-refractivity contribution in [3.05, 3.63) is 102 Å². The van der Waals surface area contributed by atoms with Crippen LogP contribution in [0.15, 0.2) is 84.9 Å². The Balaban J connectivity index is 1.94. The SMILES string of the molecule is CC(C)c1c(C(=O)Nc2ccccc2)c(-c2ccccc2)c(-c2ccc(F)cc2)n1CC[C@H](C[C@@H](CC(=O)O)O[Si](C)(C)C(C)(C)C)O[Si](C)(C)C(C)(C)C. The lowest BCUT2D eigenvalue weighted by Gasteiger charge is -2.42. The van der Waals surface area contributed by atoms with Crippen LogP contribution >= 0.6 is 0 Å². The quantitative estimate of drug-likeness (QED) is 0.110. The van der Waals surface area contributed by atoms with E-state index in [4.69, 9.17) is 8.85 Å². The predicted molar refractivity (Wildman–Crippen MR) is 229 cm³/mol. The Kier molecular flexibility index (Phi) is 14.0. The number of carboxylic acid groups (broad SMARTS) is 1. The maximum atomic E-state index is 14.6. The fraction of sp³-hybridized carbons (Fsp3) is 0.467. The molecule has 4 rings (SSSR count). The molecule has 10 heteroatoms. The molecule has 0 saturated heterocycles. The lowest BCUT2D eigenvalue weighted by Crippen LogP contribution is -2.47. The lowest BCUT2D eigenvalue weighted by molar-refractivity contribution is -0.139. The number of carbonyl (C=O) groups is 2. The molecule has 7 nitrogen and oxygen atoms in total. The molecule has 0 spiro atoms. The fourth-order valence-corrected chi connectivity index (χ4v) is 9.32. The highest BCUT2D eigenvalue weighted by Gasteiger charge is 2.43. The molecule has 2 atom stereocenters. The number of carboxylic acids is 1. The number of anilines is 1. The summed E-state index contributed by atoms with van der Waals surface area (Å²) in [6, 6.07) is 25.8. The highest BCUT2D eigenvalue weighted by molar-refractivity contribution is 6.74. The molecule has 0 fully saturated rings. The summed E-state index contributed by atoms with van der Waals surface area (Å²) >= 11 is 0. The molecule has 0 saturated carbocycles. The summed E-state index contributed by atoms with van der Waals surface area (Å²) in [7, 11) is -4.69. The van der Waals surface area contributed by atoms with E-state index < -0.39 is 28.7 Å². The van der Waals surface area contributed by atoms with Gasteiger partial charge in [0.25, 0.3) is 5.91 Å². The number of halogens is 1. The fourth-order valence-electron chi connectivity index (χ4n) is 6.55. The van der Waals surface area contributed by atoms with Gasteiger partial charge in [0.1, 0.15) is 5.82 Å². The third-order valence-electron chi connectivity index (χ3n) is 11.4. The van der Waals surface area contributed by atoms with E-state index in [-0.39, 0.29) is 40.2 Å². The van der Waals surface area contributed by atoms with Gasteiger partial charge in [-0.25, -0.2) is 4.39 Å². The lowest BCUT2D eigenvalue weighted by atomic mass is 9.94. The van der Waals surface area contributed by atoms with Gasteiger partial charge in [-0.05, 0) is 103 Å². The molecule has 55 heavy (non-hydrogen) atoms. The molecule has 0 aliphatic heterocycles. The molecule has 0 aliphatic rings. The summed E-state index contributed by atoms with van der Waals surface area (Å²) in [5.74, 6) is -1.55. The minimum absolute atomic E-state index is 0.0744. The van der Waals surface area contributed by atoms with Gasteiger partial charge in [0.15, 0.2) is 16.6 Å². The summed E-state index contributed by atoms with van der Waals surface area (Å²) in [5.41, 5.74) is 5.36. The molecule has 0 unspecified atom stereocenters. The van der Waals surface area contributed by atoms with E-state index in [9.17, 15) is 19.1 Å². The highest BCUT2D eigenvalue weighted by Crippen LogP contribution is 2.44. The van der Waals surface area contributed by atoms with Crippen LogP contribution in [0.3, 0.4) is 0 Å². The molecule has 2 N–H and O–H groups in total. The maximum absolute atomic E-state index is 14.6. The van der Waals surface area contributed by atoms with Crippen LogP contribution in [0.2, 0.25) is 36.3 Å². The molecule has 0 aliphatic carbocycles. The molecule has 3 aromatic carbocycles. The molecule has 4 aromatic rings. The Morgan fingerprint density at radius 1 is 0.764 bits per heavy atom. The van der Waals surface area contributed by atoms with E-state index in [1.54, 1.807) is 12.1 Å². The highest BCUT2D eigenvalue weighted by atomic mass is 28.4. The number of benzene rings is 3. The summed E-state index contributed by atoms with van der Waals surface area (Å²) in [6.07, 6.45) is -0.0260. The first-order valence-corrected chi connectivity index (χ1v) is 25.4. The number of hydrogen-bond donors (Lipinski definition) is 2. The summed E-state index contributed by atoms with van der Waals surface area (Å²) in [6.45, 7) is 26.5. The number of aromatic nitrogens is 1. The van der Waals surface area contributed by atoms with Gasteiger partial charge >= 0.3 is 5.97 Å². The molecule has 0 radical (unpaired) electrons. The normalized spacial score (nSPS) is 13.9. The van der Waals surface area contributed by atoms with Crippen molar-refractivity contribution in [2.45, 2.75) is 136 Å². The first-order valence-electron chi connectivity index (χ1n) is 19.5. The van der Waals surface area contributed by atoms with Crippen LogP contribution in [0.4, 0.5) is 10.1 Å². The smallest absolute Gasteiger partial charge is 0.305 e. The van der Waals surface area contributed by atoms with Crippen LogP contribution in [0, 0.1) is 5.82 Å². The predicted octanol–water partition coefficient (Wildman–Crippen LogP) is 12.4. The maximum Gasteiger partial charge on any atom is 0.305 e. The minimum atomic E-state index is -2.35. The van der Waals surface area contributed by atoms with E-state index in [1.165, 1.54) is 12.1 Å². The Morgan fingerprint density at radius 3 is 1.76 bits per heavy atom. The monoisotopic (exact) mass is 786 g/mol. The molecule has 1 amide bonds. The van der Waals surface area contributed by atoms with Crippen LogP contribution in [0.25, 0.3) is 22.4 Å². The second-order valence-corrected chi connectivity index (χ2v) is 27.6. The Bertz CT molecular complexity index is 1890.